The van der Waals surface area contributed by atoms with E-state index in [-0.39, 0.29) is 46.8 Å². The van der Waals surface area contributed by atoms with Gasteiger partial charge in [0, 0.05) is 35.3 Å². The van der Waals surface area contributed by atoms with Crippen molar-refractivity contribution >= 4 is 11.9 Å². The Hall–Kier alpha value is -3.26. The Morgan fingerprint density at radius 2 is 0.972 bits per heavy atom. The molecule has 0 amide bonds. The maximum Gasteiger partial charge on any atom is 0.317 e. The zero-order valence-electron chi connectivity index (χ0n) is 19.6. The van der Waals surface area contributed by atoms with Gasteiger partial charge in [0.25, 0.3) is 0 Å². The molecule has 0 radical (unpaired) electrons. The first-order valence-corrected chi connectivity index (χ1v) is 11.1. The Bertz CT molecular complexity index is 950. The van der Waals surface area contributed by atoms with Crippen LogP contribution in [0.25, 0.3) is 0 Å². The summed E-state index contributed by atoms with van der Waals surface area (Å²) >= 11 is 0. The molecule has 12 nitrogen and oxygen atoms in total. The SMILES string of the molecule is O=C(O)CN(Cc1cccc(CO)c1O)C(CO)C(CO)N(CC(=O)O)Cc1cccc(CO)c1O. The lowest BCUT2D eigenvalue weighted by atomic mass is 10.0. The second kappa shape index (κ2) is 13.7. The fourth-order valence-corrected chi connectivity index (χ4v) is 4.13. The van der Waals surface area contributed by atoms with Gasteiger partial charge in [-0.2, -0.15) is 0 Å². The fourth-order valence-electron chi connectivity index (χ4n) is 4.13. The molecule has 0 aromatic heterocycles. The van der Waals surface area contributed by atoms with Crippen LogP contribution in [-0.4, -0.2) is 101 Å². The van der Waals surface area contributed by atoms with Gasteiger partial charge in [0.05, 0.1) is 51.6 Å². The van der Waals surface area contributed by atoms with Gasteiger partial charge in [0.2, 0.25) is 0 Å². The molecular weight excluding hydrogens is 476 g/mol. The summed E-state index contributed by atoms with van der Waals surface area (Å²) in [6.07, 6.45) is 0. The number of para-hydroxylation sites is 2. The number of carbonyl (C=O) groups is 2. The molecule has 0 spiro atoms. The van der Waals surface area contributed by atoms with E-state index in [1.54, 1.807) is 12.1 Å². The Kier molecular flexibility index (Phi) is 11.0. The third-order valence-electron chi connectivity index (χ3n) is 5.93. The largest absolute Gasteiger partial charge is 0.507 e. The molecule has 2 aromatic carbocycles. The quantitative estimate of drug-likeness (QED) is 0.150. The van der Waals surface area contributed by atoms with Crippen molar-refractivity contribution in [2.24, 2.45) is 0 Å². The number of phenols is 2. The molecule has 2 aromatic rings. The van der Waals surface area contributed by atoms with Crippen LogP contribution in [0.4, 0.5) is 0 Å². The lowest BCUT2D eigenvalue weighted by Gasteiger charge is -2.40. The first kappa shape index (κ1) is 29.0. The van der Waals surface area contributed by atoms with Gasteiger partial charge in [-0.05, 0) is 0 Å². The lowest BCUT2D eigenvalue weighted by Crippen LogP contribution is -2.56. The second-order valence-corrected chi connectivity index (χ2v) is 8.26. The highest BCUT2D eigenvalue weighted by Gasteiger charge is 2.34. The number of rotatable bonds is 15. The predicted octanol–water partition coefficient (Wildman–Crippen LogP) is -0.722. The minimum atomic E-state index is -1.26. The van der Waals surface area contributed by atoms with Gasteiger partial charge in [-0.25, -0.2) is 0 Å². The Morgan fingerprint density at radius 3 is 1.25 bits per heavy atom. The van der Waals surface area contributed by atoms with Crippen LogP contribution in [0.2, 0.25) is 0 Å². The van der Waals surface area contributed by atoms with E-state index in [4.69, 9.17) is 0 Å². The van der Waals surface area contributed by atoms with Crippen molar-refractivity contribution < 1.29 is 50.4 Å². The molecule has 2 rings (SSSR count). The number of nitrogens with zero attached hydrogens (tertiary/aromatic N) is 2. The maximum atomic E-state index is 11.6. The predicted molar refractivity (Wildman–Crippen MR) is 126 cm³/mol. The number of hydrogen-bond acceptors (Lipinski definition) is 10. The Balaban J connectivity index is 2.47. The lowest BCUT2D eigenvalue weighted by molar-refractivity contribution is -0.143. The minimum absolute atomic E-state index is 0.195. The van der Waals surface area contributed by atoms with Gasteiger partial charge in [0.1, 0.15) is 11.5 Å². The van der Waals surface area contributed by atoms with Gasteiger partial charge in [-0.1, -0.05) is 36.4 Å². The highest BCUT2D eigenvalue weighted by Crippen LogP contribution is 2.28. The first-order valence-electron chi connectivity index (χ1n) is 11.1. The van der Waals surface area contributed by atoms with Crippen LogP contribution >= 0.6 is 0 Å². The van der Waals surface area contributed by atoms with Crippen molar-refractivity contribution in [2.75, 3.05) is 26.3 Å². The van der Waals surface area contributed by atoms with E-state index in [9.17, 15) is 50.4 Å². The number of benzene rings is 2. The van der Waals surface area contributed by atoms with Crippen molar-refractivity contribution in [3.05, 3.63) is 58.7 Å². The van der Waals surface area contributed by atoms with Crippen LogP contribution in [0.3, 0.4) is 0 Å². The zero-order chi connectivity index (χ0) is 26.8. The van der Waals surface area contributed by atoms with Gasteiger partial charge < -0.3 is 40.9 Å². The fraction of sp³-hybridized carbons (Fsp3) is 0.417. The number of hydrogen-bond donors (Lipinski definition) is 8. The number of carboxylic acids is 2. The van der Waals surface area contributed by atoms with Crippen LogP contribution in [0.5, 0.6) is 11.5 Å². The van der Waals surface area contributed by atoms with Gasteiger partial charge in [0.15, 0.2) is 0 Å². The minimum Gasteiger partial charge on any atom is -0.507 e. The topological polar surface area (TPSA) is 202 Å². The van der Waals surface area contributed by atoms with Gasteiger partial charge >= 0.3 is 11.9 Å². The van der Waals surface area contributed by atoms with Crippen molar-refractivity contribution in [3.63, 3.8) is 0 Å². The average Bonchev–Trinajstić information content (AvgIpc) is 2.83. The van der Waals surface area contributed by atoms with Crippen LogP contribution in [0.15, 0.2) is 36.4 Å². The smallest absolute Gasteiger partial charge is 0.317 e. The van der Waals surface area contributed by atoms with E-state index < -0.39 is 63.5 Å². The summed E-state index contributed by atoms with van der Waals surface area (Å²) in [6.45, 7) is -3.86. The van der Waals surface area contributed by atoms with Crippen LogP contribution in [0, 0.1) is 0 Å². The molecule has 0 bridgehead atoms. The van der Waals surface area contributed by atoms with Crippen LogP contribution in [-0.2, 0) is 35.9 Å². The zero-order valence-corrected chi connectivity index (χ0v) is 19.6. The summed E-state index contributed by atoms with van der Waals surface area (Å²) in [5.74, 6) is -3.02. The summed E-state index contributed by atoms with van der Waals surface area (Å²) in [7, 11) is 0. The van der Waals surface area contributed by atoms with E-state index in [1.165, 1.54) is 34.1 Å². The number of carboxylic acid groups (broad SMARTS) is 2. The van der Waals surface area contributed by atoms with Crippen LogP contribution in [0.1, 0.15) is 22.3 Å². The van der Waals surface area contributed by atoms with E-state index in [1.807, 2.05) is 0 Å². The number of aliphatic hydroxyl groups excluding tert-OH is 4. The Labute approximate surface area is 207 Å². The number of aliphatic hydroxyl groups is 4. The molecule has 0 aliphatic heterocycles. The summed E-state index contributed by atoms with van der Waals surface area (Å²) in [5, 5.41) is 79.2. The van der Waals surface area contributed by atoms with Crippen molar-refractivity contribution in [3.8, 4) is 11.5 Å². The molecule has 198 valence electrons. The Morgan fingerprint density at radius 1 is 0.639 bits per heavy atom. The second-order valence-electron chi connectivity index (χ2n) is 8.26. The van der Waals surface area contributed by atoms with Gasteiger partial charge in [-0.15, -0.1) is 0 Å². The highest BCUT2D eigenvalue weighted by atomic mass is 16.4. The molecule has 0 heterocycles. The first-order chi connectivity index (χ1) is 17.2. The standard InChI is InChI=1S/C24H32N2O10/c27-11-17-5-1-3-15(23(17)35)7-25(9-21(31)32)19(13-29)20(14-30)26(10-22(33)34)8-16-4-2-6-18(12-28)24(16)36/h1-6,19-20,27-30,35-36H,7-14H2,(H,31,32)(H,33,34). The number of aliphatic carboxylic acids is 2. The highest BCUT2D eigenvalue weighted by molar-refractivity contribution is 5.69. The molecule has 12 heteroatoms. The molecule has 0 aliphatic carbocycles. The molecule has 2 atom stereocenters. The van der Waals surface area contributed by atoms with Crippen molar-refractivity contribution in [2.45, 2.75) is 38.4 Å². The molecule has 8 N–H and O–H groups in total. The van der Waals surface area contributed by atoms with E-state index >= 15 is 0 Å². The number of aromatic hydroxyl groups is 2. The molecular formula is C24H32N2O10. The van der Waals surface area contributed by atoms with Gasteiger partial charge in [-0.3, -0.25) is 19.4 Å². The molecule has 0 saturated carbocycles. The third kappa shape index (κ3) is 7.37. The van der Waals surface area contributed by atoms with Crippen LogP contribution < -0.4 is 0 Å². The normalized spacial score (nSPS) is 13.2. The maximum absolute atomic E-state index is 11.6. The monoisotopic (exact) mass is 508 g/mol. The summed E-state index contributed by atoms with van der Waals surface area (Å²) in [6, 6.07) is 6.91. The summed E-state index contributed by atoms with van der Waals surface area (Å²) in [5.41, 5.74) is 0.953. The molecule has 0 saturated heterocycles. The van der Waals surface area contributed by atoms with E-state index in [0.717, 1.165) is 0 Å². The summed E-state index contributed by atoms with van der Waals surface area (Å²) < 4.78 is 0. The third-order valence-corrected chi connectivity index (χ3v) is 5.93. The van der Waals surface area contributed by atoms with Crippen molar-refractivity contribution in [1.29, 1.82) is 0 Å². The van der Waals surface area contributed by atoms with E-state index in [0.29, 0.717) is 0 Å². The van der Waals surface area contributed by atoms with E-state index in [2.05, 4.69) is 0 Å². The van der Waals surface area contributed by atoms with Crippen molar-refractivity contribution in [1.82, 2.24) is 9.80 Å². The summed E-state index contributed by atoms with van der Waals surface area (Å²) in [4.78, 5) is 25.8. The average molecular weight is 509 g/mol. The molecule has 36 heavy (non-hydrogen) atoms. The molecule has 0 fully saturated rings. The molecule has 0 aliphatic rings. The molecule has 2 unspecified atom stereocenters.